The Morgan fingerprint density at radius 2 is 1.91 bits per heavy atom. The van der Waals surface area contributed by atoms with E-state index < -0.39 is 0 Å². The summed E-state index contributed by atoms with van der Waals surface area (Å²) in [7, 11) is 1.65. The maximum Gasteiger partial charge on any atom is 0.277 e. The zero-order valence-corrected chi connectivity index (χ0v) is 19.4. The Labute approximate surface area is 195 Å². The molecule has 33 heavy (non-hydrogen) atoms. The molecule has 8 nitrogen and oxygen atoms in total. The molecule has 1 fully saturated rings. The molecule has 0 saturated heterocycles. The highest BCUT2D eigenvalue weighted by molar-refractivity contribution is 6.30. The standard InChI is InChI=1S/C24H23ClN6O2/c1-13-10-18(11-29-14(2)26-27-23(13)29)30-21(15-4-6-16(25)7-5-15)20-19(12-33-3)28-31(17-8-9-17)22(20)24(30)32/h4-7,10-11,17,21H,8-9,12H2,1-3H3/t21-/m1/s1. The van der Waals surface area contributed by atoms with Crippen molar-refractivity contribution in [1.82, 2.24) is 24.4 Å². The lowest BCUT2D eigenvalue weighted by Crippen LogP contribution is -2.30. The molecule has 0 radical (unpaired) electrons. The average Bonchev–Trinajstić information content (AvgIpc) is 3.38. The molecular formula is C24H23ClN6O2. The second-order valence-corrected chi connectivity index (χ2v) is 9.21. The Hall–Kier alpha value is -3.23. The number of methoxy groups -OCH3 is 1. The number of rotatable bonds is 5. The van der Waals surface area contributed by atoms with Gasteiger partial charge in [0.25, 0.3) is 5.91 Å². The number of aryl methyl sites for hydroxylation is 2. The van der Waals surface area contributed by atoms with E-state index in [4.69, 9.17) is 21.4 Å². The highest BCUT2D eigenvalue weighted by Gasteiger charge is 2.46. The molecule has 0 bridgehead atoms. The number of hydrogen-bond donors (Lipinski definition) is 0. The van der Waals surface area contributed by atoms with Gasteiger partial charge in [0, 0.05) is 23.9 Å². The SMILES string of the molecule is COCc1nn(C2CC2)c2c1[C@@H](c1ccc(Cl)cc1)N(c1cc(C)c3nnc(C)n3c1)C2=O. The van der Waals surface area contributed by atoms with Crippen molar-refractivity contribution in [3.63, 3.8) is 0 Å². The lowest BCUT2D eigenvalue weighted by molar-refractivity contribution is 0.0983. The minimum Gasteiger partial charge on any atom is -0.378 e. The molecule has 2 aliphatic rings. The van der Waals surface area contributed by atoms with Crippen LogP contribution in [0.2, 0.25) is 5.02 Å². The Morgan fingerprint density at radius 1 is 1.15 bits per heavy atom. The van der Waals surface area contributed by atoms with Gasteiger partial charge < -0.3 is 4.74 Å². The van der Waals surface area contributed by atoms with E-state index in [2.05, 4.69) is 10.2 Å². The predicted octanol–water partition coefficient (Wildman–Crippen LogP) is 4.43. The number of amides is 1. The number of ether oxygens (including phenoxy) is 1. The van der Waals surface area contributed by atoms with Crippen LogP contribution in [0, 0.1) is 13.8 Å². The van der Waals surface area contributed by atoms with Gasteiger partial charge in [-0.3, -0.25) is 18.8 Å². The zero-order valence-electron chi connectivity index (χ0n) is 18.6. The first-order valence-electron chi connectivity index (χ1n) is 11.0. The summed E-state index contributed by atoms with van der Waals surface area (Å²) in [6, 6.07) is 9.60. The van der Waals surface area contributed by atoms with Gasteiger partial charge in [0.1, 0.15) is 11.5 Å². The van der Waals surface area contributed by atoms with Crippen molar-refractivity contribution in [2.75, 3.05) is 12.0 Å². The number of anilines is 1. The van der Waals surface area contributed by atoms with Crippen molar-refractivity contribution in [3.8, 4) is 0 Å². The lowest BCUT2D eigenvalue weighted by Gasteiger charge is -2.27. The van der Waals surface area contributed by atoms with E-state index in [1.165, 1.54) is 0 Å². The first-order chi connectivity index (χ1) is 16.0. The first-order valence-corrected chi connectivity index (χ1v) is 11.4. The molecule has 168 valence electrons. The fourth-order valence-electron chi connectivity index (χ4n) is 4.79. The summed E-state index contributed by atoms with van der Waals surface area (Å²) in [4.78, 5) is 15.9. The number of carbonyl (C=O) groups excluding carboxylic acids is 1. The van der Waals surface area contributed by atoms with Crippen molar-refractivity contribution in [3.05, 3.63) is 75.5 Å². The normalized spacial score (nSPS) is 17.9. The van der Waals surface area contributed by atoms with Crippen LogP contribution in [-0.2, 0) is 11.3 Å². The second kappa shape index (κ2) is 7.40. The number of fused-ring (bicyclic) bond motifs is 2. The van der Waals surface area contributed by atoms with Crippen molar-refractivity contribution in [2.24, 2.45) is 0 Å². The second-order valence-electron chi connectivity index (χ2n) is 8.77. The smallest absolute Gasteiger partial charge is 0.277 e. The van der Waals surface area contributed by atoms with Gasteiger partial charge in [-0.05, 0) is 56.0 Å². The Bertz CT molecular complexity index is 1400. The molecule has 4 heterocycles. The van der Waals surface area contributed by atoms with Gasteiger partial charge >= 0.3 is 0 Å². The third-order valence-corrected chi connectivity index (χ3v) is 6.71. The van der Waals surface area contributed by atoms with Crippen LogP contribution in [0.4, 0.5) is 5.69 Å². The quantitative estimate of drug-likeness (QED) is 0.438. The van der Waals surface area contributed by atoms with Gasteiger partial charge in [-0.15, -0.1) is 10.2 Å². The highest BCUT2D eigenvalue weighted by Crippen LogP contribution is 2.47. The molecule has 0 spiro atoms. The fraction of sp³-hybridized carbons (Fsp3) is 0.333. The zero-order chi connectivity index (χ0) is 22.9. The minimum atomic E-state index is -0.337. The van der Waals surface area contributed by atoms with E-state index in [1.54, 1.807) is 7.11 Å². The Balaban J connectivity index is 1.60. The van der Waals surface area contributed by atoms with Crippen molar-refractivity contribution >= 4 is 28.8 Å². The lowest BCUT2D eigenvalue weighted by atomic mass is 9.98. The van der Waals surface area contributed by atoms with Crippen LogP contribution < -0.4 is 4.90 Å². The number of pyridine rings is 1. The Morgan fingerprint density at radius 3 is 2.61 bits per heavy atom. The van der Waals surface area contributed by atoms with E-state index in [0.29, 0.717) is 17.3 Å². The van der Waals surface area contributed by atoms with Gasteiger partial charge in [0.05, 0.1) is 30.1 Å². The van der Waals surface area contributed by atoms with E-state index in [0.717, 1.165) is 52.4 Å². The van der Waals surface area contributed by atoms with Gasteiger partial charge in [-0.25, -0.2) is 0 Å². The van der Waals surface area contributed by atoms with Gasteiger partial charge in [0.15, 0.2) is 5.65 Å². The molecule has 1 amide bonds. The van der Waals surface area contributed by atoms with E-state index in [1.807, 2.05) is 64.4 Å². The molecule has 3 aromatic heterocycles. The molecule has 1 aliphatic heterocycles. The van der Waals surface area contributed by atoms with Crippen LogP contribution in [0.25, 0.3) is 5.65 Å². The molecule has 1 saturated carbocycles. The molecule has 1 atom stereocenters. The topological polar surface area (TPSA) is 77.6 Å². The summed E-state index contributed by atoms with van der Waals surface area (Å²) in [6.07, 6.45) is 4.00. The van der Waals surface area contributed by atoms with Crippen LogP contribution in [0.3, 0.4) is 0 Å². The maximum absolute atomic E-state index is 14.0. The van der Waals surface area contributed by atoms with Crippen LogP contribution in [-0.4, -0.2) is 37.4 Å². The predicted molar refractivity (Wildman–Crippen MR) is 124 cm³/mol. The third-order valence-electron chi connectivity index (χ3n) is 6.46. The average molecular weight is 463 g/mol. The van der Waals surface area contributed by atoms with E-state index in [9.17, 15) is 4.79 Å². The minimum absolute atomic E-state index is 0.0591. The van der Waals surface area contributed by atoms with Crippen molar-refractivity contribution < 1.29 is 9.53 Å². The van der Waals surface area contributed by atoms with Crippen LogP contribution >= 0.6 is 11.6 Å². The Kier molecular flexibility index (Phi) is 4.57. The largest absolute Gasteiger partial charge is 0.378 e. The summed E-state index contributed by atoms with van der Waals surface area (Å²) in [6.45, 7) is 4.23. The first kappa shape index (κ1) is 20.4. The molecule has 6 rings (SSSR count). The number of aromatic nitrogens is 5. The van der Waals surface area contributed by atoms with Crippen LogP contribution in [0.5, 0.6) is 0 Å². The number of halogens is 1. The van der Waals surface area contributed by atoms with Gasteiger partial charge in [-0.1, -0.05) is 23.7 Å². The molecule has 0 unspecified atom stereocenters. The number of hydrogen-bond acceptors (Lipinski definition) is 5. The van der Waals surface area contributed by atoms with E-state index >= 15 is 0 Å². The highest BCUT2D eigenvalue weighted by atomic mass is 35.5. The monoisotopic (exact) mass is 462 g/mol. The van der Waals surface area contributed by atoms with Crippen LogP contribution in [0.15, 0.2) is 36.5 Å². The van der Waals surface area contributed by atoms with Crippen molar-refractivity contribution in [2.45, 2.75) is 45.4 Å². The molecule has 0 N–H and O–H groups in total. The summed E-state index contributed by atoms with van der Waals surface area (Å²) in [5.74, 6) is 0.711. The molecule has 4 aromatic rings. The third kappa shape index (κ3) is 3.08. The van der Waals surface area contributed by atoms with Gasteiger partial charge in [-0.2, -0.15) is 5.10 Å². The summed E-state index contributed by atoms with van der Waals surface area (Å²) >= 11 is 6.19. The summed E-state index contributed by atoms with van der Waals surface area (Å²) in [5.41, 5.74) is 5.86. The summed E-state index contributed by atoms with van der Waals surface area (Å²) < 4.78 is 9.34. The molecule has 1 aliphatic carbocycles. The maximum atomic E-state index is 14.0. The number of benzene rings is 1. The number of nitrogens with zero attached hydrogens (tertiary/aromatic N) is 6. The fourth-order valence-corrected chi connectivity index (χ4v) is 4.92. The summed E-state index contributed by atoms with van der Waals surface area (Å²) in [5, 5.41) is 13.9. The van der Waals surface area contributed by atoms with Crippen molar-refractivity contribution in [1.29, 1.82) is 0 Å². The van der Waals surface area contributed by atoms with E-state index in [-0.39, 0.29) is 18.0 Å². The molecule has 1 aromatic carbocycles. The van der Waals surface area contributed by atoms with Crippen LogP contribution in [0.1, 0.15) is 63.6 Å². The molecule has 9 heteroatoms. The van der Waals surface area contributed by atoms with Gasteiger partial charge in [0.2, 0.25) is 0 Å². The molecular weight excluding hydrogens is 440 g/mol. The number of carbonyl (C=O) groups is 1.